The van der Waals surface area contributed by atoms with Crippen molar-refractivity contribution in [1.82, 2.24) is 10.2 Å². The molecular formula is C15H20N4O. The summed E-state index contributed by atoms with van der Waals surface area (Å²) in [5.41, 5.74) is 5.38. The molecule has 1 saturated heterocycles. The second-order valence-electron chi connectivity index (χ2n) is 5.41. The Morgan fingerprint density at radius 1 is 1.35 bits per heavy atom. The van der Waals surface area contributed by atoms with Gasteiger partial charge in [0, 0.05) is 24.2 Å². The van der Waals surface area contributed by atoms with Crippen LogP contribution in [-0.2, 0) is 4.79 Å². The molecule has 1 aromatic heterocycles. The number of fused-ring (bicyclic) bond motifs is 1. The molecule has 0 spiro atoms. The van der Waals surface area contributed by atoms with Crippen molar-refractivity contribution >= 4 is 23.9 Å². The number of nitrogens with two attached hydrogens (primary N) is 1. The van der Waals surface area contributed by atoms with E-state index >= 15 is 0 Å². The fourth-order valence-electron chi connectivity index (χ4n) is 2.88. The highest BCUT2D eigenvalue weighted by Gasteiger charge is 2.24. The Morgan fingerprint density at radius 3 is 2.90 bits per heavy atom. The van der Waals surface area contributed by atoms with Crippen LogP contribution in [0.3, 0.4) is 0 Å². The molecule has 0 bridgehead atoms. The Morgan fingerprint density at radius 2 is 2.15 bits per heavy atom. The number of nitrogens with one attached hydrogen (secondary N) is 1. The lowest BCUT2D eigenvalue weighted by atomic mass is 9.96. The number of hydrogen-bond donors (Lipinski definition) is 2. The second-order valence-corrected chi connectivity index (χ2v) is 5.41. The van der Waals surface area contributed by atoms with Gasteiger partial charge in [-0.3, -0.25) is 9.89 Å². The monoisotopic (exact) mass is 272 g/mol. The minimum atomic E-state index is -0.176. The van der Waals surface area contributed by atoms with E-state index in [-0.39, 0.29) is 11.8 Å². The highest BCUT2D eigenvalue weighted by Crippen LogP contribution is 2.19. The third-order valence-corrected chi connectivity index (χ3v) is 4.09. The lowest BCUT2D eigenvalue weighted by Gasteiger charge is -2.30. The van der Waals surface area contributed by atoms with Crippen molar-refractivity contribution in [3.05, 3.63) is 22.7 Å². The van der Waals surface area contributed by atoms with Crippen LogP contribution in [0, 0.1) is 5.92 Å². The van der Waals surface area contributed by atoms with E-state index in [1.165, 1.54) is 0 Å². The van der Waals surface area contributed by atoms with Crippen LogP contribution in [0.1, 0.15) is 25.7 Å². The first-order valence-corrected chi connectivity index (χ1v) is 7.21. The van der Waals surface area contributed by atoms with Crippen molar-refractivity contribution in [2.45, 2.75) is 25.7 Å². The first-order chi connectivity index (χ1) is 9.75. The fourth-order valence-corrected chi connectivity index (χ4v) is 2.88. The number of hydrogen-bond acceptors (Lipinski definition) is 3. The van der Waals surface area contributed by atoms with Crippen LogP contribution in [0.25, 0.3) is 12.2 Å². The minimum absolute atomic E-state index is 0.0161. The average molecular weight is 272 g/mol. The van der Waals surface area contributed by atoms with Crippen LogP contribution >= 0.6 is 0 Å². The largest absolute Gasteiger partial charge is 0.369 e. The van der Waals surface area contributed by atoms with Crippen LogP contribution in [-0.4, -0.2) is 29.2 Å². The third kappa shape index (κ3) is 2.48. The number of nitrogens with zero attached hydrogens (tertiary/aromatic N) is 2. The molecule has 5 nitrogen and oxygen atoms in total. The molecule has 5 heteroatoms. The van der Waals surface area contributed by atoms with Gasteiger partial charge in [0.2, 0.25) is 5.91 Å². The normalized spacial score (nSPS) is 24.5. The molecule has 1 aromatic rings. The quantitative estimate of drug-likeness (QED) is 0.797. The summed E-state index contributed by atoms with van der Waals surface area (Å²) in [6.07, 6.45) is 12.3. The molecule has 20 heavy (non-hydrogen) atoms. The molecule has 1 fully saturated rings. The maximum Gasteiger partial charge on any atom is 0.220 e. The van der Waals surface area contributed by atoms with Gasteiger partial charge in [-0.2, -0.15) is 5.10 Å². The summed E-state index contributed by atoms with van der Waals surface area (Å²) in [6.45, 7) is 1.67. The zero-order valence-electron chi connectivity index (χ0n) is 11.5. The van der Waals surface area contributed by atoms with Crippen molar-refractivity contribution < 1.29 is 4.79 Å². The van der Waals surface area contributed by atoms with E-state index in [0.717, 1.165) is 55.2 Å². The zero-order valence-corrected chi connectivity index (χ0v) is 11.5. The Balaban J connectivity index is 1.87. The van der Waals surface area contributed by atoms with Gasteiger partial charge in [-0.05, 0) is 31.8 Å². The number of rotatable bonds is 2. The molecule has 3 N–H and O–H groups in total. The smallest absolute Gasteiger partial charge is 0.220 e. The van der Waals surface area contributed by atoms with Crippen LogP contribution in [0.2, 0.25) is 0 Å². The predicted molar refractivity (Wildman–Crippen MR) is 79.3 cm³/mol. The van der Waals surface area contributed by atoms with E-state index in [9.17, 15) is 4.79 Å². The number of amides is 1. The highest BCUT2D eigenvalue weighted by molar-refractivity contribution is 5.77. The number of piperidine rings is 1. The lowest BCUT2D eigenvalue weighted by molar-refractivity contribution is -0.122. The lowest BCUT2D eigenvalue weighted by Crippen LogP contribution is -2.41. The number of anilines is 1. The third-order valence-electron chi connectivity index (χ3n) is 4.09. The Labute approximate surface area is 117 Å². The topological polar surface area (TPSA) is 75.0 Å². The van der Waals surface area contributed by atoms with E-state index < -0.39 is 0 Å². The van der Waals surface area contributed by atoms with Gasteiger partial charge in [0.05, 0.1) is 5.35 Å². The van der Waals surface area contributed by atoms with Crippen molar-refractivity contribution in [2.24, 2.45) is 11.7 Å². The first-order valence-electron chi connectivity index (χ1n) is 7.21. The molecule has 1 amide bonds. The van der Waals surface area contributed by atoms with Crippen LogP contribution in [0.5, 0.6) is 0 Å². The zero-order chi connectivity index (χ0) is 13.9. The van der Waals surface area contributed by atoms with Crippen molar-refractivity contribution in [3.8, 4) is 0 Å². The number of carbonyl (C=O) groups is 1. The van der Waals surface area contributed by atoms with Crippen LogP contribution in [0.15, 0.2) is 12.2 Å². The van der Waals surface area contributed by atoms with E-state index in [2.05, 4.69) is 39.4 Å². The molecule has 2 aliphatic rings. The molecule has 0 saturated carbocycles. The van der Waals surface area contributed by atoms with Crippen molar-refractivity contribution in [2.75, 3.05) is 18.0 Å². The summed E-state index contributed by atoms with van der Waals surface area (Å²) in [6, 6.07) is 0. The fraction of sp³-hybridized carbons (Fsp3) is 0.467. The van der Waals surface area contributed by atoms with Gasteiger partial charge in [0.1, 0.15) is 0 Å². The van der Waals surface area contributed by atoms with Gasteiger partial charge >= 0.3 is 0 Å². The number of primary amides is 1. The van der Waals surface area contributed by atoms with Gasteiger partial charge in [-0.25, -0.2) is 0 Å². The van der Waals surface area contributed by atoms with E-state index in [4.69, 9.17) is 5.73 Å². The molecule has 0 radical (unpaired) electrons. The van der Waals surface area contributed by atoms with Crippen LogP contribution < -0.4 is 21.2 Å². The summed E-state index contributed by atoms with van der Waals surface area (Å²) in [7, 11) is 0. The van der Waals surface area contributed by atoms with E-state index in [1.54, 1.807) is 0 Å². The number of aromatic nitrogens is 2. The van der Waals surface area contributed by atoms with Gasteiger partial charge in [0.25, 0.3) is 0 Å². The SMILES string of the molecule is NC(=O)C1CCN(c2n[nH]c3/c2=C\C=C/CC\C=3)CC1. The summed E-state index contributed by atoms with van der Waals surface area (Å²) in [4.78, 5) is 13.5. The van der Waals surface area contributed by atoms with E-state index in [0.29, 0.717) is 0 Å². The average Bonchev–Trinajstić information content (AvgIpc) is 2.80. The molecular weight excluding hydrogens is 252 g/mol. The predicted octanol–water partition coefficient (Wildman–Crippen LogP) is 0.0224. The summed E-state index contributed by atoms with van der Waals surface area (Å²) < 4.78 is 0. The van der Waals surface area contributed by atoms with Crippen molar-refractivity contribution in [1.29, 1.82) is 0 Å². The number of allylic oxidation sites excluding steroid dienone is 2. The summed E-state index contributed by atoms with van der Waals surface area (Å²) in [5, 5.41) is 9.83. The van der Waals surface area contributed by atoms with Gasteiger partial charge in [-0.1, -0.05) is 18.2 Å². The van der Waals surface area contributed by atoms with Crippen molar-refractivity contribution in [3.63, 3.8) is 0 Å². The highest BCUT2D eigenvalue weighted by atomic mass is 16.1. The molecule has 0 unspecified atom stereocenters. The standard InChI is InChI=1S/C15H20N4O/c16-14(20)11-7-9-19(10-8-11)15-12-5-3-1-2-4-6-13(12)17-18-15/h1,3,5-6,11,17H,2,4,7-10H2,(H2,16,20)/b3-1-,12-5+,13-6+. The minimum Gasteiger partial charge on any atom is -0.369 e. The van der Waals surface area contributed by atoms with Gasteiger partial charge in [0.15, 0.2) is 5.82 Å². The molecule has 1 aliphatic carbocycles. The Bertz CT molecular complexity index is 635. The summed E-state index contributed by atoms with van der Waals surface area (Å²) >= 11 is 0. The molecule has 0 atom stereocenters. The van der Waals surface area contributed by atoms with Crippen LogP contribution in [0.4, 0.5) is 5.82 Å². The van der Waals surface area contributed by atoms with E-state index in [1.807, 2.05) is 0 Å². The number of H-pyrrole nitrogens is 1. The Hall–Kier alpha value is -2.04. The molecule has 106 valence electrons. The number of aromatic amines is 1. The maximum absolute atomic E-state index is 11.2. The Kier molecular flexibility index (Phi) is 3.58. The molecule has 1 aliphatic heterocycles. The van der Waals surface area contributed by atoms with Gasteiger partial charge in [-0.15, -0.1) is 0 Å². The second kappa shape index (κ2) is 5.53. The number of carbonyl (C=O) groups excluding carboxylic acids is 1. The molecule has 3 rings (SSSR count). The molecule has 2 heterocycles. The summed E-state index contributed by atoms with van der Waals surface area (Å²) in [5.74, 6) is 0.831. The van der Waals surface area contributed by atoms with Gasteiger partial charge < -0.3 is 10.6 Å². The maximum atomic E-state index is 11.2. The molecule has 0 aromatic carbocycles. The first kappa shape index (κ1) is 13.0.